The molecule has 0 aliphatic carbocycles. The molecule has 0 aromatic heterocycles. The molecule has 3 aromatic rings. The Morgan fingerprint density at radius 1 is 0.914 bits per heavy atom. The number of benzene rings is 3. The highest BCUT2D eigenvalue weighted by Crippen LogP contribution is 2.51. The molecule has 2 saturated heterocycles. The molecule has 7 heteroatoms. The van der Waals surface area contributed by atoms with Crippen LogP contribution < -0.4 is 5.32 Å². The average Bonchev–Trinajstić information content (AvgIpc) is 3.34. The number of amides is 2. The van der Waals surface area contributed by atoms with Gasteiger partial charge in [-0.1, -0.05) is 90.5 Å². The average molecular weight is 489 g/mol. The van der Waals surface area contributed by atoms with Crippen LogP contribution >= 0.6 is 11.6 Å². The normalized spacial score (nSPS) is 25.5. The van der Waals surface area contributed by atoms with Crippen molar-refractivity contribution in [3.8, 4) is 0 Å². The second-order valence-electron chi connectivity index (χ2n) is 9.02. The lowest BCUT2D eigenvalue weighted by Crippen LogP contribution is -2.57. The number of esters is 1. The number of likely N-dealkylation sites (tertiary alicyclic amines) is 1. The van der Waals surface area contributed by atoms with Gasteiger partial charge in [-0.15, -0.1) is 0 Å². The Kier molecular flexibility index (Phi) is 6.17. The highest BCUT2D eigenvalue weighted by Gasteiger charge is 2.68. The lowest BCUT2D eigenvalue weighted by atomic mass is 9.76. The Morgan fingerprint density at radius 2 is 1.51 bits per heavy atom. The van der Waals surface area contributed by atoms with Gasteiger partial charge in [-0.3, -0.25) is 24.6 Å². The van der Waals surface area contributed by atoms with Crippen LogP contribution in [-0.2, 0) is 32.1 Å². The maximum absolute atomic E-state index is 13.9. The minimum Gasteiger partial charge on any atom is -0.468 e. The number of methoxy groups -OCH3 is 1. The summed E-state index contributed by atoms with van der Waals surface area (Å²) in [6, 6.07) is 25.4. The number of carbonyl (C=O) groups is 3. The third kappa shape index (κ3) is 3.93. The minimum absolute atomic E-state index is 0.142. The summed E-state index contributed by atoms with van der Waals surface area (Å²) < 4.78 is 5.25. The number of nitrogens with zero attached hydrogens (tertiary/aromatic N) is 1. The van der Waals surface area contributed by atoms with Gasteiger partial charge in [0.1, 0.15) is 5.54 Å². The SMILES string of the molecule is COC(=O)[C@@]1(Cc2ccccc2)N[C@@H](c2ccccc2Cl)[C@@H]2C(=O)N(Cc3ccccc3)C(=O)[C@@H]21. The van der Waals surface area contributed by atoms with E-state index in [1.54, 1.807) is 12.1 Å². The molecule has 2 heterocycles. The molecule has 0 bridgehead atoms. The largest absolute Gasteiger partial charge is 0.468 e. The van der Waals surface area contributed by atoms with E-state index in [2.05, 4.69) is 5.32 Å². The van der Waals surface area contributed by atoms with Gasteiger partial charge in [0.15, 0.2) is 0 Å². The zero-order valence-electron chi connectivity index (χ0n) is 19.2. The second kappa shape index (κ2) is 9.29. The van der Waals surface area contributed by atoms with Crippen LogP contribution in [0.1, 0.15) is 22.7 Å². The third-order valence-corrected chi connectivity index (χ3v) is 7.39. The smallest absolute Gasteiger partial charge is 0.327 e. The summed E-state index contributed by atoms with van der Waals surface area (Å²) in [6.45, 7) is 0.142. The zero-order chi connectivity index (χ0) is 24.6. The standard InChI is InChI=1S/C28H25ClN2O4/c1-35-27(34)28(16-18-10-4-2-5-11-18)23-22(24(30-28)20-14-8-9-15-21(20)29)25(32)31(26(23)33)17-19-12-6-3-7-13-19/h2-15,22-24,30H,16-17H2,1H3/t22-,23-,24+,28+/m1/s1. The third-order valence-electron chi connectivity index (χ3n) is 7.04. The predicted octanol–water partition coefficient (Wildman–Crippen LogP) is 3.94. The van der Waals surface area contributed by atoms with Crippen LogP contribution in [-0.4, -0.2) is 35.3 Å². The first-order valence-corrected chi connectivity index (χ1v) is 11.9. The molecular weight excluding hydrogens is 464 g/mol. The molecule has 0 saturated carbocycles. The van der Waals surface area contributed by atoms with Gasteiger partial charge in [0.2, 0.25) is 11.8 Å². The molecule has 0 unspecified atom stereocenters. The molecule has 2 aliphatic rings. The molecule has 3 aromatic carbocycles. The van der Waals surface area contributed by atoms with Crippen molar-refractivity contribution < 1.29 is 19.1 Å². The maximum Gasteiger partial charge on any atom is 0.327 e. The van der Waals surface area contributed by atoms with Gasteiger partial charge in [-0.2, -0.15) is 0 Å². The number of halogens is 1. The molecule has 4 atom stereocenters. The van der Waals surface area contributed by atoms with E-state index < -0.39 is 29.4 Å². The maximum atomic E-state index is 13.9. The Balaban J connectivity index is 1.64. The topological polar surface area (TPSA) is 75.7 Å². The Hall–Kier alpha value is -3.48. The first-order chi connectivity index (χ1) is 17.0. The number of imide groups is 1. The molecule has 6 nitrogen and oxygen atoms in total. The van der Waals surface area contributed by atoms with Crippen LogP contribution in [0.5, 0.6) is 0 Å². The second-order valence-corrected chi connectivity index (χ2v) is 9.43. The molecule has 2 aliphatic heterocycles. The highest BCUT2D eigenvalue weighted by atomic mass is 35.5. The van der Waals surface area contributed by atoms with Crippen molar-refractivity contribution in [1.29, 1.82) is 0 Å². The number of nitrogens with one attached hydrogen (secondary N) is 1. The Labute approximate surface area is 208 Å². The van der Waals surface area contributed by atoms with Crippen molar-refractivity contribution >= 4 is 29.4 Å². The number of hydrogen-bond acceptors (Lipinski definition) is 5. The summed E-state index contributed by atoms with van der Waals surface area (Å²) in [5, 5.41) is 3.84. The summed E-state index contributed by atoms with van der Waals surface area (Å²) >= 11 is 6.55. The number of ether oxygens (including phenoxy) is 1. The van der Waals surface area contributed by atoms with Gasteiger partial charge >= 0.3 is 5.97 Å². The van der Waals surface area contributed by atoms with E-state index >= 15 is 0 Å². The molecule has 2 amide bonds. The summed E-state index contributed by atoms with van der Waals surface area (Å²) in [7, 11) is 1.30. The van der Waals surface area contributed by atoms with Gasteiger partial charge in [-0.05, 0) is 22.8 Å². The van der Waals surface area contributed by atoms with Crippen molar-refractivity contribution in [3.63, 3.8) is 0 Å². The molecule has 1 N–H and O–H groups in total. The van der Waals surface area contributed by atoms with Crippen molar-refractivity contribution in [2.45, 2.75) is 24.5 Å². The lowest BCUT2D eigenvalue weighted by molar-refractivity contribution is -0.154. The fourth-order valence-corrected chi connectivity index (χ4v) is 5.75. The minimum atomic E-state index is -1.43. The quantitative estimate of drug-likeness (QED) is 0.420. The monoisotopic (exact) mass is 488 g/mol. The van der Waals surface area contributed by atoms with Crippen molar-refractivity contribution in [1.82, 2.24) is 10.2 Å². The van der Waals surface area contributed by atoms with Crippen LogP contribution in [0, 0.1) is 11.8 Å². The molecule has 0 radical (unpaired) electrons. The van der Waals surface area contributed by atoms with Crippen LogP contribution in [0.2, 0.25) is 5.02 Å². The first-order valence-electron chi connectivity index (χ1n) is 11.5. The van der Waals surface area contributed by atoms with E-state index in [1.807, 2.05) is 72.8 Å². The van der Waals surface area contributed by atoms with Crippen molar-refractivity contribution in [2.24, 2.45) is 11.8 Å². The van der Waals surface area contributed by atoms with E-state index in [0.29, 0.717) is 10.6 Å². The molecule has 178 valence electrons. The number of fused-ring (bicyclic) bond motifs is 1. The van der Waals surface area contributed by atoms with Gasteiger partial charge in [0, 0.05) is 17.5 Å². The van der Waals surface area contributed by atoms with E-state index in [4.69, 9.17) is 16.3 Å². The highest BCUT2D eigenvalue weighted by molar-refractivity contribution is 6.31. The fourth-order valence-electron chi connectivity index (χ4n) is 5.50. The van der Waals surface area contributed by atoms with Crippen molar-refractivity contribution in [3.05, 3.63) is 107 Å². The van der Waals surface area contributed by atoms with E-state index in [1.165, 1.54) is 12.0 Å². The number of hydrogen-bond donors (Lipinski definition) is 1. The zero-order valence-corrected chi connectivity index (χ0v) is 19.9. The molecular formula is C28H25ClN2O4. The van der Waals surface area contributed by atoms with E-state index in [9.17, 15) is 14.4 Å². The summed E-state index contributed by atoms with van der Waals surface area (Å²) in [5.74, 6) is -3.01. The Morgan fingerprint density at radius 3 is 2.14 bits per heavy atom. The van der Waals surface area contributed by atoms with Crippen LogP contribution in [0.25, 0.3) is 0 Å². The van der Waals surface area contributed by atoms with Crippen LogP contribution in [0.15, 0.2) is 84.9 Å². The fraction of sp³-hybridized carbons (Fsp3) is 0.250. The lowest BCUT2D eigenvalue weighted by Gasteiger charge is -2.32. The summed E-state index contributed by atoms with van der Waals surface area (Å²) in [5.41, 5.74) is 0.933. The molecule has 5 rings (SSSR count). The predicted molar refractivity (Wildman–Crippen MR) is 131 cm³/mol. The molecule has 2 fully saturated rings. The summed E-state index contributed by atoms with van der Waals surface area (Å²) in [4.78, 5) is 42.5. The van der Waals surface area contributed by atoms with E-state index in [0.717, 1.165) is 11.1 Å². The van der Waals surface area contributed by atoms with Crippen molar-refractivity contribution in [2.75, 3.05) is 7.11 Å². The molecule has 35 heavy (non-hydrogen) atoms. The number of rotatable bonds is 6. The van der Waals surface area contributed by atoms with Gasteiger partial charge < -0.3 is 4.74 Å². The van der Waals surface area contributed by atoms with Gasteiger partial charge in [0.25, 0.3) is 0 Å². The van der Waals surface area contributed by atoms with Crippen LogP contribution in [0.3, 0.4) is 0 Å². The number of carbonyl (C=O) groups excluding carboxylic acids is 3. The van der Waals surface area contributed by atoms with Gasteiger partial charge in [0.05, 0.1) is 25.5 Å². The van der Waals surface area contributed by atoms with E-state index in [-0.39, 0.29) is 24.8 Å². The van der Waals surface area contributed by atoms with Gasteiger partial charge in [-0.25, -0.2) is 0 Å². The molecule has 0 spiro atoms. The first kappa shape index (κ1) is 23.3. The Bertz CT molecular complexity index is 1270. The van der Waals surface area contributed by atoms with Crippen LogP contribution in [0.4, 0.5) is 0 Å². The summed E-state index contributed by atoms with van der Waals surface area (Å²) in [6.07, 6.45) is 0.195.